The monoisotopic (exact) mass is 719 g/mol. The number of aliphatic carboxylic acids is 1. The van der Waals surface area contributed by atoms with E-state index in [0.717, 1.165) is 61.5 Å². The largest absolute Gasteiger partial charge is 0.481 e. The van der Waals surface area contributed by atoms with Crippen molar-refractivity contribution in [3.8, 4) is 0 Å². The molecule has 0 radical (unpaired) electrons. The van der Waals surface area contributed by atoms with E-state index in [1.54, 1.807) is 6.92 Å². The Morgan fingerprint density at radius 3 is 2.44 bits per heavy atom. The zero-order valence-electron chi connectivity index (χ0n) is 30.1. The topological polar surface area (TPSA) is 104 Å². The fourth-order valence-electron chi connectivity index (χ4n) is 9.38. The average Bonchev–Trinajstić information content (AvgIpc) is 3.11. The van der Waals surface area contributed by atoms with Crippen molar-refractivity contribution in [2.45, 2.75) is 102 Å². The van der Waals surface area contributed by atoms with Gasteiger partial charge in [-0.05, 0) is 122 Å². The molecule has 5 N–H and O–H groups in total. The summed E-state index contributed by atoms with van der Waals surface area (Å²) in [7, 11) is 3.92. The molecule has 6 rings (SSSR count). The zero-order chi connectivity index (χ0) is 35.3. The Morgan fingerprint density at radius 1 is 0.940 bits per heavy atom. The molecule has 2 bridgehead atoms. The second-order valence-corrected chi connectivity index (χ2v) is 17.9. The molecule has 1 fully saturated rings. The number of fused-ring (bicyclic) bond motifs is 7. The third-order valence-corrected chi connectivity index (χ3v) is 14.4. The van der Waals surface area contributed by atoms with Crippen LogP contribution in [0.25, 0.3) is 0 Å². The van der Waals surface area contributed by atoms with E-state index in [0.29, 0.717) is 18.4 Å². The van der Waals surface area contributed by atoms with Gasteiger partial charge in [0.15, 0.2) is 0 Å². The molecule has 274 valence electrons. The molecule has 0 spiro atoms. The molecule has 4 aliphatic rings. The predicted molar refractivity (Wildman–Crippen MR) is 211 cm³/mol. The first-order chi connectivity index (χ1) is 24.4. The van der Waals surface area contributed by atoms with Gasteiger partial charge >= 0.3 is 5.97 Å². The number of aliphatic hydroxyl groups excluding tert-OH is 2. The average molecular weight is 720 g/mol. The lowest BCUT2D eigenvalue weighted by Crippen LogP contribution is -2.46. The Morgan fingerprint density at radius 2 is 1.70 bits per heavy atom. The third kappa shape index (κ3) is 11.0. The summed E-state index contributed by atoms with van der Waals surface area (Å²) in [4.78, 5) is 12.9. The summed E-state index contributed by atoms with van der Waals surface area (Å²) >= 11 is 0. The van der Waals surface area contributed by atoms with Gasteiger partial charge in [-0.3, -0.25) is 4.79 Å². The van der Waals surface area contributed by atoms with Crippen LogP contribution in [0.1, 0.15) is 93.4 Å². The van der Waals surface area contributed by atoms with Gasteiger partial charge in [-0.25, -0.2) is 0 Å². The standard InChI is InChI=1S/C43H61NO4S2/c1-30(46)41(43(47)48)42-37-20-19-36(40(42)21-22-44)25-35(16-7-3-6-13-31-11-4-2-5-12-31)39(24-32-14-10-15-33(23-32)27-45)29-50-49-28-38-18-9-8-17-34(38)26-37/h3,7-10,14-15,17-20,23,30-31,35-37,39-42,45-46H,2,4-6,11-13,16,21-22,24-29,44H2,1H3,(H,47,48)/t30-,35+,36-,37+,39-,40-,41-,42+/m0/s1. The Hall–Kier alpha value is -2.03. The van der Waals surface area contributed by atoms with Gasteiger partial charge in [-0.1, -0.05) is 127 Å². The summed E-state index contributed by atoms with van der Waals surface area (Å²) in [6.07, 6.45) is 22.4. The van der Waals surface area contributed by atoms with Crippen LogP contribution in [-0.2, 0) is 30.0 Å². The molecule has 2 aliphatic carbocycles. The van der Waals surface area contributed by atoms with Crippen molar-refractivity contribution in [1.29, 1.82) is 0 Å². The van der Waals surface area contributed by atoms with E-state index >= 15 is 0 Å². The molecular weight excluding hydrogens is 659 g/mol. The minimum absolute atomic E-state index is 0.00963. The fourth-order valence-corrected chi connectivity index (χ4v) is 12.0. The number of carbonyl (C=O) groups is 1. The van der Waals surface area contributed by atoms with E-state index in [9.17, 15) is 20.1 Å². The number of nitrogens with two attached hydrogens (primary N) is 1. The van der Waals surface area contributed by atoms with Crippen LogP contribution in [0.3, 0.4) is 0 Å². The molecule has 5 nitrogen and oxygen atoms in total. The van der Waals surface area contributed by atoms with Crippen molar-refractivity contribution >= 4 is 27.6 Å². The lowest BCUT2D eigenvalue weighted by atomic mass is 9.60. The molecular formula is C43H61NO4S2. The molecule has 2 aromatic carbocycles. The fraction of sp³-hybridized carbons (Fsp3) is 0.605. The number of rotatable bonds is 13. The minimum Gasteiger partial charge on any atom is -0.481 e. The Balaban J connectivity index is 1.50. The summed E-state index contributed by atoms with van der Waals surface area (Å²) in [6.45, 7) is 2.19. The number of hydrogen-bond acceptors (Lipinski definition) is 6. The summed E-state index contributed by atoms with van der Waals surface area (Å²) in [6, 6.07) is 17.0. The minimum atomic E-state index is -0.956. The number of aliphatic hydroxyl groups is 2. The van der Waals surface area contributed by atoms with Crippen LogP contribution in [0.15, 0.2) is 72.8 Å². The van der Waals surface area contributed by atoms with Gasteiger partial charge in [0.25, 0.3) is 0 Å². The molecule has 8 atom stereocenters. The van der Waals surface area contributed by atoms with Crippen molar-refractivity contribution in [3.63, 3.8) is 0 Å². The third-order valence-electron chi connectivity index (χ3n) is 12.0. The van der Waals surface area contributed by atoms with Crippen molar-refractivity contribution in [3.05, 3.63) is 95.1 Å². The van der Waals surface area contributed by atoms with Gasteiger partial charge in [0.2, 0.25) is 0 Å². The SMILES string of the molecule is C[C@H](O)[C@H](C(=O)O)[C@H]1[C@@H](CCN)[C@H]2C=C[C@@H]1Cc1ccccc1CSSC[C@H](Cc1cccc(CO)c1)[C@H](CC=CCCC1CCCCC1)C2. The summed E-state index contributed by atoms with van der Waals surface area (Å²) in [5, 5.41) is 31.5. The van der Waals surface area contributed by atoms with Crippen molar-refractivity contribution < 1.29 is 20.1 Å². The van der Waals surface area contributed by atoms with E-state index in [2.05, 4.69) is 66.8 Å². The van der Waals surface area contributed by atoms with Gasteiger partial charge in [0.1, 0.15) is 0 Å². The van der Waals surface area contributed by atoms with E-state index in [-0.39, 0.29) is 30.3 Å². The number of benzene rings is 2. The van der Waals surface area contributed by atoms with Crippen molar-refractivity contribution in [2.24, 2.45) is 53.1 Å². The van der Waals surface area contributed by atoms with E-state index in [1.807, 2.05) is 27.7 Å². The quantitative estimate of drug-likeness (QED) is 0.121. The van der Waals surface area contributed by atoms with E-state index < -0.39 is 18.0 Å². The van der Waals surface area contributed by atoms with E-state index in [4.69, 9.17) is 5.73 Å². The molecule has 2 aromatic rings. The Bertz CT molecular complexity index is 1390. The summed E-state index contributed by atoms with van der Waals surface area (Å²) in [5.74, 6) is 1.86. The van der Waals surface area contributed by atoms with Crippen LogP contribution < -0.4 is 5.73 Å². The number of carboxylic acids is 1. The lowest BCUT2D eigenvalue weighted by molar-refractivity contribution is -0.151. The van der Waals surface area contributed by atoms with Gasteiger partial charge in [0, 0.05) is 11.5 Å². The second-order valence-electron chi connectivity index (χ2n) is 15.4. The lowest BCUT2D eigenvalue weighted by Gasteiger charge is -2.45. The molecule has 7 heteroatoms. The van der Waals surface area contributed by atoms with Gasteiger partial charge in [-0.15, -0.1) is 0 Å². The van der Waals surface area contributed by atoms with Crippen LogP contribution in [-0.4, -0.2) is 39.7 Å². The molecule has 0 aromatic heterocycles. The molecule has 2 aliphatic heterocycles. The first-order valence-electron chi connectivity index (χ1n) is 19.3. The maximum atomic E-state index is 12.9. The van der Waals surface area contributed by atoms with Crippen molar-refractivity contribution in [2.75, 3.05) is 12.3 Å². The first-order valence-corrected chi connectivity index (χ1v) is 21.8. The maximum absolute atomic E-state index is 12.9. The first kappa shape index (κ1) is 39.2. The van der Waals surface area contributed by atoms with Crippen LogP contribution in [0, 0.1) is 47.3 Å². The van der Waals surface area contributed by atoms with E-state index in [1.165, 1.54) is 55.2 Å². The second kappa shape index (κ2) is 20.3. The predicted octanol–water partition coefficient (Wildman–Crippen LogP) is 9.25. The zero-order valence-corrected chi connectivity index (χ0v) is 31.7. The van der Waals surface area contributed by atoms with Gasteiger partial charge in [-0.2, -0.15) is 0 Å². The number of allylic oxidation sites excluding steroid dienone is 4. The highest BCUT2D eigenvalue weighted by atomic mass is 33.1. The van der Waals surface area contributed by atoms with Crippen LogP contribution in [0.4, 0.5) is 0 Å². The molecule has 2 heterocycles. The summed E-state index contributed by atoms with van der Waals surface area (Å²) < 4.78 is 0. The molecule has 0 saturated heterocycles. The summed E-state index contributed by atoms with van der Waals surface area (Å²) in [5.41, 5.74) is 11.1. The van der Waals surface area contributed by atoms with Gasteiger partial charge in [0.05, 0.1) is 18.6 Å². The molecule has 50 heavy (non-hydrogen) atoms. The van der Waals surface area contributed by atoms with Crippen LogP contribution in [0.5, 0.6) is 0 Å². The normalized spacial score (nSPS) is 27.8. The molecule has 1 saturated carbocycles. The Kier molecular flexibility index (Phi) is 15.9. The number of hydrogen-bond donors (Lipinski definition) is 4. The van der Waals surface area contributed by atoms with Crippen LogP contribution in [0.2, 0.25) is 0 Å². The highest BCUT2D eigenvalue weighted by Crippen LogP contribution is 2.48. The number of carboxylic acid groups (broad SMARTS) is 1. The smallest absolute Gasteiger partial charge is 0.309 e. The molecule has 0 unspecified atom stereocenters. The highest BCUT2D eigenvalue weighted by molar-refractivity contribution is 8.76. The highest BCUT2D eigenvalue weighted by Gasteiger charge is 2.46. The molecule has 0 amide bonds. The van der Waals surface area contributed by atoms with Gasteiger partial charge < -0.3 is 21.1 Å². The Labute approximate surface area is 309 Å². The van der Waals surface area contributed by atoms with Crippen LogP contribution >= 0.6 is 21.6 Å². The van der Waals surface area contributed by atoms with Crippen molar-refractivity contribution in [1.82, 2.24) is 0 Å². The maximum Gasteiger partial charge on any atom is 0.309 e.